The molecule has 2 aromatic carbocycles. The van der Waals surface area contributed by atoms with E-state index in [2.05, 4.69) is 20.8 Å². The van der Waals surface area contributed by atoms with Gasteiger partial charge in [0.2, 0.25) is 5.95 Å². The summed E-state index contributed by atoms with van der Waals surface area (Å²) in [6.07, 6.45) is 3.05. The molecule has 2 N–H and O–H groups in total. The molecule has 1 amide bonds. The summed E-state index contributed by atoms with van der Waals surface area (Å²) < 4.78 is 3.15. The number of hydrazine groups is 1. The number of nitrogens with one attached hydrogen (secondary N) is 2. The van der Waals surface area contributed by atoms with Gasteiger partial charge in [0.1, 0.15) is 5.69 Å². The molecule has 0 atom stereocenters. The highest BCUT2D eigenvalue weighted by Gasteiger charge is 2.15. The molecule has 28 heavy (non-hydrogen) atoms. The summed E-state index contributed by atoms with van der Waals surface area (Å²) in [4.78, 5) is 33.8. The van der Waals surface area contributed by atoms with Crippen LogP contribution in [-0.2, 0) is 6.54 Å². The molecule has 2 heterocycles. The van der Waals surface area contributed by atoms with Crippen LogP contribution in [0, 0.1) is 0 Å². The van der Waals surface area contributed by atoms with Crippen molar-refractivity contribution in [3.8, 4) is 5.69 Å². The van der Waals surface area contributed by atoms with Crippen LogP contribution in [-0.4, -0.2) is 25.0 Å². The molecule has 140 valence electrons. The third-order valence-corrected chi connectivity index (χ3v) is 4.37. The Morgan fingerprint density at radius 3 is 2.61 bits per heavy atom. The summed E-state index contributed by atoms with van der Waals surface area (Å²) in [6, 6.07) is 16.5. The average molecular weight is 374 g/mol. The second-order valence-corrected chi connectivity index (χ2v) is 6.07. The second kappa shape index (κ2) is 7.36. The molecular weight excluding hydrogens is 356 g/mol. The molecule has 0 saturated heterocycles. The predicted octanol–water partition coefficient (Wildman–Crippen LogP) is 2.36. The first-order chi connectivity index (χ1) is 13.7. The number of nitrogens with zero attached hydrogens (tertiary/aromatic N) is 4. The van der Waals surface area contributed by atoms with E-state index in [1.165, 1.54) is 10.8 Å². The van der Waals surface area contributed by atoms with Gasteiger partial charge in [-0.05, 0) is 31.2 Å². The molecule has 0 aliphatic carbocycles. The minimum absolute atomic E-state index is 0.167. The van der Waals surface area contributed by atoms with E-state index in [9.17, 15) is 9.59 Å². The Labute approximate surface area is 160 Å². The predicted molar refractivity (Wildman–Crippen MR) is 106 cm³/mol. The lowest BCUT2D eigenvalue weighted by Crippen LogP contribution is -2.35. The molecule has 0 fully saturated rings. The lowest BCUT2D eigenvalue weighted by Gasteiger charge is -2.14. The minimum atomic E-state index is -0.397. The average Bonchev–Trinajstić information content (AvgIpc) is 3.23. The van der Waals surface area contributed by atoms with Crippen LogP contribution in [0.2, 0.25) is 0 Å². The van der Waals surface area contributed by atoms with Crippen LogP contribution >= 0.6 is 0 Å². The van der Waals surface area contributed by atoms with Crippen LogP contribution in [0.15, 0.2) is 71.9 Å². The lowest BCUT2D eigenvalue weighted by molar-refractivity contribution is 0.0955. The summed E-state index contributed by atoms with van der Waals surface area (Å²) in [5, 5.41) is 0.531. The van der Waals surface area contributed by atoms with Gasteiger partial charge in [0.25, 0.3) is 11.5 Å². The highest BCUT2D eigenvalue weighted by atomic mass is 16.2. The number of carbonyl (C=O) groups is 1. The number of fused-ring (bicyclic) bond motifs is 1. The summed E-state index contributed by atoms with van der Waals surface area (Å²) in [5.41, 5.74) is 6.94. The zero-order chi connectivity index (χ0) is 19.5. The van der Waals surface area contributed by atoms with Gasteiger partial charge in [-0.15, -0.1) is 0 Å². The Hall–Kier alpha value is -3.94. The van der Waals surface area contributed by atoms with Crippen molar-refractivity contribution in [2.24, 2.45) is 0 Å². The highest BCUT2D eigenvalue weighted by molar-refractivity contribution is 5.93. The van der Waals surface area contributed by atoms with E-state index in [4.69, 9.17) is 0 Å². The summed E-state index contributed by atoms with van der Waals surface area (Å²) >= 11 is 0. The van der Waals surface area contributed by atoms with Crippen LogP contribution in [0.1, 0.15) is 17.4 Å². The van der Waals surface area contributed by atoms with E-state index < -0.39 is 5.91 Å². The van der Waals surface area contributed by atoms with Gasteiger partial charge in [-0.3, -0.25) is 29.6 Å². The van der Waals surface area contributed by atoms with Gasteiger partial charge in [0.15, 0.2) is 0 Å². The molecular formula is C20H18N6O2. The number of anilines is 1. The molecule has 0 aliphatic heterocycles. The first kappa shape index (κ1) is 17.5. The number of amides is 1. The first-order valence-electron chi connectivity index (χ1n) is 8.82. The molecule has 4 aromatic rings. The van der Waals surface area contributed by atoms with Gasteiger partial charge in [-0.2, -0.15) is 0 Å². The van der Waals surface area contributed by atoms with E-state index in [0.717, 1.165) is 5.69 Å². The van der Waals surface area contributed by atoms with E-state index in [0.29, 0.717) is 23.1 Å². The van der Waals surface area contributed by atoms with Crippen molar-refractivity contribution >= 4 is 22.8 Å². The fraction of sp³-hybridized carbons (Fsp3) is 0.100. The van der Waals surface area contributed by atoms with Crippen molar-refractivity contribution in [1.82, 2.24) is 24.5 Å². The molecule has 0 aliphatic rings. The third-order valence-electron chi connectivity index (χ3n) is 4.37. The van der Waals surface area contributed by atoms with Gasteiger partial charge in [-0.1, -0.05) is 30.3 Å². The van der Waals surface area contributed by atoms with Crippen molar-refractivity contribution in [3.63, 3.8) is 0 Å². The fourth-order valence-electron chi connectivity index (χ4n) is 2.99. The summed E-state index contributed by atoms with van der Waals surface area (Å²) in [6.45, 7) is 2.26. The maximum atomic E-state index is 12.7. The van der Waals surface area contributed by atoms with E-state index in [1.54, 1.807) is 29.1 Å². The van der Waals surface area contributed by atoms with Crippen LogP contribution in [0.25, 0.3) is 16.6 Å². The monoisotopic (exact) mass is 374 g/mol. The van der Waals surface area contributed by atoms with Crippen LogP contribution in [0.4, 0.5) is 5.95 Å². The fourth-order valence-corrected chi connectivity index (χ4v) is 2.99. The number of carbonyl (C=O) groups excluding carboxylic acids is 1. The number of aromatic nitrogens is 4. The number of rotatable bonds is 5. The molecule has 0 radical (unpaired) electrons. The lowest BCUT2D eigenvalue weighted by atomic mass is 10.2. The second-order valence-electron chi connectivity index (χ2n) is 6.07. The van der Waals surface area contributed by atoms with Crippen molar-refractivity contribution < 1.29 is 4.79 Å². The smallest absolute Gasteiger partial charge is 0.288 e. The SMILES string of the molecule is CCn1c(NNC(=O)c2cncn2-c2ccccc2)nc2ccccc2c1=O. The normalized spacial score (nSPS) is 10.8. The van der Waals surface area contributed by atoms with Gasteiger partial charge >= 0.3 is 0 Å². The molecule has 0 saturated carbocycles. The molecule has 2 aromatic heterocycles. The number of hydrogen-bond acceptors (Lipinski definition) is 5. The van der Waals surface area contributed by atoms with Gasteiger partial charge < -0.3 is 0 Å². The van der Waals surface area contributed by atoms with Gasteiger partial charge in [-0.25, -0.2) is 9.97 Å². The zero-order valence-electron chi connectivity index (χ0n) is 15.2. The Balaban J connectivity index is 1.62. The Morgan fingerprint density at radius 1 is 1.07 bits per heavy atom. The molecule has 4 rings (SSSR count). The topological polar surface area (TPSA) is 93.8 Å². The number of hydrogen-bond donors (Lipinski definition) is 2. The number of para-hydroxylation sites is 2. The van der Waals surface area contributed by atoms with Crippen molar-refractivity contribution in [2.75, 3.05) is 5.43 Å². The Morgan fingerprint density at radius 2 is 1.82 bits per heavy atom. The molecule has 0 spiro atoms. The van der Waals surface area contributed by atoms with Gasteiger partial charge in [0.05, 0.1) is 23.4 Å². The van der Waals surface area contributed by atoms with Gasteiger partial charge in [0, 0.05) is 12.2 Å². The van der Waals surface area contributed by atoms with E-state index in [1.807, 2.05) is 43.3 Å². The highest BCUT2D eigenvalue weighted by Crippen LogP contribution is 2.12. The van der Waals surface area contributed by atoms with Crippen molar-refractivity contribution in [1.29, 1.82) is 0 Å². The maximum absolute atomic E-state index is 12.7. The summed E-state index contributed by atoms with van der Waals surface area (Å²) in [7, 11) is 0. The maximum Gasteiger partial charge on any atom is 0.288 e. The zero-order valence-corrected chi connectivity index (χ0v) is 15.2. The van der Waals surface area contributed by atoms with Crippen LogP contribution in [0.5, 0.6) is 0 Å². The van der Waals surface area contributed by atoms with Crippen LogP contribution in [0.3, 0.4) is 0 Å². The number of benzene rings is 2. The van der Waals surface area contributed by atoms with Crippen molar-refractivity contribution in [2.45, 2.75) is 13.5 Å². The Kier molecular flexibility index (Phi) is 4.59. The largest absolute Gasteiger partial charge is 0.295 e. The molecule has 8 nitrogen and oxygen atoms in total. The molecule has 0 unspecified atom stereocenters. The van der Waals surface area contributed by atoms with Crippen LogP contribution < -0.4 is 16.4 Å². The third kappa shape index (κ3) is 3.11. The minimum Gasteiger partial charge on any atom is -0.295 e. The van der Waals surface area contributed by atoms with Crippen molar-refractivity contribution in [3.05, 3.63) is 83.2 Å². The number of imidazole rings is 1. The Bertz CT molecular complexity index is 1200. The van der Waals surface area contributed by atoms with E-state index >= 15 is 0 Å². The standard InChI is InChI=1S/C20H18N6O2/c1-2-25-19(28)15-10-6-7-11-16(15)22-20(25)24-23-18(27)17-12-21-13-26(17)14-8-4-3-5-9-14/h3-13H,2H2,1H3,(H,22,24)(H,23,27). The quantitative estimate of drug-likeness (QED) is 0.523. The molecule has 8 heteroatoms. The summed E-state index contributed by atoms with van der Waals surface area (Å²) in [5.74, 6) is -0.128. The molecule has 0 bridgehead atoms. The van der Waals surface area contributed by atoms with E-state index in [-0.39, 0.29) is 11.5 Å². The first-order valence-corrected chi connectivity index (χ1v) is 8.82.